The maximum Gasteiger partial charge on any atom is 0.295 e. The zero-order valence-corrected chi connectivity index (χ0v) is 21.1. The van der Waals surface area contributed by atoms with E-state index in [4.69, 9.17) is 0 Å². The van der Waals surface area contributed by atoms with Gasteiger partial charge in [0, 0.05) is 5.39 Å². The monoisotopic (exact) mass is 460 g/mol. The third kappa shape index (κ3) is 8.86. The zero-order chi connectivity index (χ0) is 23.2. The molecule has 0 saturated heterocycles. The van der Waals surface area contributed by atoms with Gasteiger partial charge in [0.05, 0.1) is 0 Å². The lowest BCUT2D eigenvalue weighted by Gasteiger charge is -2.21. The van der Waals surface area contributed by atoms with Crippen molar-refractivity contribution in [2.45, 2.75) is 121 Å². The largest absolute Gasteiger partial charge is 0.295 e. The van der Waals surface area contributed by atoms with Crippen LogP contribution in [-0.4, -0.2) is 13.0 Å². The van der Waals surface area contributed by atoms with Crippen LogP contribution in [0.2, 0.25) is 0 Å². The number of hydrogen-bond donors (Lipinski definition) is 1. The topological polar surface area (TPSA) is 54.4 Å². The lowest BCUT2D eigenvalue weighted by atomic mass is 9.87. The molecule has 0 spiro atoms. The predicted molar refractivity (Wildman–Crippen MR) is 137 cm³/mol. The molecule has 0 fully saturated rings. The van der Waals surface area contributed by atoms with Crippen molar-refractivity contribution in [3.63, 3.8) is 0 Å². The van der Waals surface area contributed by atoms with Crippen LogP contribution in [0.25, 0.3) is 10.8 Å². The summed E-state index contributed by atoms with van der Waals surface area (Å²) < 4.78 is 35.1. The maximum absolute atomic E-state index is 12.5. The molecule has 0 saturated carbocycles. The van der Waals surface area contributed by atoms with Crippen LogP contribution in [0.4, 0.5) is 0 Å². The molecule has 1 N–H and O–H groups in total. The molecule has 3 nitrogen and oxygen atoms in total. The van der Waals surface area contributed by atoms with Crippen molar-refractivity contribution in [1.29, 1.82) is 0 Å². The van der Waals surface area contributed by atoms with Gasteiger partial charge in [-0.2, -0.15) is 8.42 Å². The molecule has 1 atom stereocenters. The summed E-state index contributed by atoms with van der Waals surface area (Å²) in [7, 11) is -4.29. The molecule has 4 heteroatoms. The summed E-state index contributed by atoms with van der Waals surface area (Å²) in [6.07, 6.45) is 18.1. The molecule has 2 aromatic carbocycles. The standard InChI is InChI=1S/C28H44O3S/c1-3-5-7-9-11-13-15-19-24(18-14-12-10-8-6-4-2)27-23-22-25-20-16-17-21-26(25)28(27)32(29,30)31/h16-17,20-24H,3-15,18-19H2,1-2H3,(H,29,30,31). The molecule has 0 aromatic heterocycles. The Morgan fingerprint density at radius 3 is 1.72 bits per heavy atom. The number of rotatable bonds is 17. The zero-order valence-electron chi connectivity index (χ0n) is 20.3. The highest BCUT2D eigenvalue weighted by molar-refractivity contribution is 7.86. The Morgan fingerprint density at radius 2 is 1.19 bits per heavy atom. The van der Waals surface area contributed by atoms with E-state index in [0.29, 0.717) is 5.39 Å². The molecule has 0 aliphatic rings. The molecule has 0 heterocycles. The maximum atomic E-state index is 12.5. The summed E-state index contributed by atoms with van der Waals surface area (Å²) in [5, 5.41) is 1.50. The van der Waals surface area contributed by atoms with Gasteiger partial charge in [-0.1, -0.05) is 134 Å². The van der Waals surface area contributed by atoms with E-state index in [1.54, 1.807) is 0 Å². The minimum atomic E-state index is -4.29. The van der Waals surface area contributed by atoms with Gasteiger partial charge in [0.15, 0.2) is 0 Å². The van der Waals surface area contributed by atoms with E-state index in [9.17, 15) is 13.0 Å². The SMILES string of the molecule is CCCCCCCCCC(CCCCCCCC)c1ccc2ccccc2c1S(=O)(=O)O. The summed E-state index contributed by atoms with van der Waals surface area (Å²) in [5.74, 6) is 0.179. The van der Waals surface area contributed by atoms with Crippen LogP contribution in [0.5, 0.6) is 0 Å². The second-order valence-corrected chi connectivity index (χ2v) is 10.7. The first-order valence-electron chi connectivity index (χ1n) is 13.0. The van der Waals surface area contributed by atoms with Gasteiger partial charge in [0.1, 0.15) is 4.90 Å². The lowest BCUT2D eigenvalue weighted by Crippen LogP contribution is -2.09. The fourth-order valence-electron chi connectivity index (χ4n) is 4.84. The smallest absolute Gasteiger partial charge is 0.282 e. The summed E-state index contributed by atoms with van der Waals surface area (Å²) in [6, 6.07) is 11.4. The predicted octanol–water partition coefficient (Wildman–Crippen LogP) is 9.06. The summed E-state index contributed by atoms with van der Waals surface area (Å²) in [5.41, 5.74) is 0.811. The van der Waals surface area contributed by atoms with Crippen molar-refractivity contribution in [2.24, 2.45) is 0 Å². The highest BCUT2D eigenvalue weighted by Gasteiger charge is 2.24. The highest BCUT2D eigenvalue weighted by atomic mass is 32.2. The van der Waals surface area contributed by atoms with Gasteiger partial charge in [-0.3, -0.25) is 4.55 Å². The first-order chi connectivity index (χ1) is 15.5. The van der Waals surface area contributed by atoms with Gasteiger partial charge >= 0.3 is 0 Å². The first-order valence-corrected chi connectivity index (χ1v) is 14.4. The van der Waals surface area contributed by atoms with E-state index < -0.39 is 10.1 Å². The summed E-state index contributed by atoms with van der Waals surface area (Å²) >= 11 is 0. The van der Waals surface area contributed by atoms with Crippen LogP contribution in [0.3, 0.4) is 0 Å². The quantitative estimate of drug-likeness (QED) is 0.189. The van der Waals surface area contributed by atoms with Gasteiger partial charge in [-0.05, 0) is 29.7 Å². The fraction of sp³-hybridized carbons (Fsp3) is 0.643. The molecular formula is C28H44O3S. The fourth-order valence-corrected chi connectivity index (χ4v) is 5.84. The lowest BCUT2D eigenvalue weighted by molar-refractivity contribution is 0.467. The van der Waals surface area contributed by atoms with Gasteiger partial charge < -0.3 is 0 Å². The molecule has 0 aliphatic heterocycles. The van der Waals surface area contributed by atoms with E-state index in [0.717, 1.165) is 36.6 Å². The third-order valence-corrected chi connectivity index (χ3v) is 7.64. The van der Waals surface area contributed by atoms with Crippen molar-refractivity contribution < 1.29 is 13.0 Å². The third-order valence-electron chi connectivity index (χ3n) is 6.67. The van der Waals surface area contributed by atoms with Gasteiger partial charge in [0.25, 0.3) is 10.1 Å². The Balaban J connectivity index is 2.15. The number of fused-ring (bicyclic) bond motifs is 1. The number of unbranched alkanes of at least 4 members (excludes halogenated alkanes) is 11. The Morgan fingerprint density at radius 1 is 0.688 bits per heavy atom. The van der Waals surface area contributed by atoms with Gasteiger partial charge in [-0.25, -0.2) is 0 Å². The Hall–Kier alpha value is -1.39. The van der Waals surface area contributed by atoms with Crippen LogP contribution >= 0.6 is 0 Å². The molecule has 2 aromatic rings. The second kappa shape index (κ2) is 14.7. The van der Waals surface area contributed by atoms with Crippen LogP contribution in [0.15, 0.2) is 41.3 Å². The van der Waals surface area contributed by atoms with Crippen molar-refractivity contribution >= 4 is 20.9 Å². The number of benzene rings is 2. The molecule has 0 aliphatic carbocycles. The molecule has 0 amide bonds. The Labute approximate surface area is 196 Å². The van der Waals surface area contributed by atoms with Crippen LogP contribution in [-0.2, 0) is 10.1 Å². The first kappa shape index (κ1) is 26.9. The van der Waals surface area contributed by atoms with Crippen molar-refractivity contribution in [1.82, 2.24) is 0 Å². The summed E-state index contributed by atoms with van der Waals surface area (Å²) in [4.78, 5) is 0.134. The van der Waals surface area contributed by atoms with E-state index in [-0.39, 0.29) is 10.8 Å². The van der Waals surface area contributed by atoms with Crippen molar-refractivity contribution in [2.75, 3.05) is 0 Å². The Kier molecular flexibility index (Phi) is 12.3. The van der Waals surface area contributed by atoms with Gasteiger partial charge in [-0.15, -0.1) is 0 Å². The van der Waals surface area contributed by atoms with Crippen molar-refractivity contribution in [3.8, 4) is 0 Å². The molecular weight excluding hydrogens is 416 g/mol. The average Bonchev–Trinajstić information content (AvgIpc) is 2.78. The normalized spacial score (nSPS) is 13.0. The van der Waals surface area contributed by atoms with Crippen LogP contribution < -0.4 is 0 Å². The minimum Gasteiger partial charge on any atom is -0.282 e. The van der Waals surface area contributed by atoms with E-state index in [1.807, 2.05) is 36.4 Å². The number of hydrogen-bond acceptors (Lipinski definition) is 2. The Bertz CT molecular complexity index is 889. The van der Waals surface area contributed by atoms with E-state index in [2.05, 4.69) is 13.8 Å². The van der Waals surface area contributed by atoms with Crippen LogP contribution in [0.1, 0.15) is 122 Å². The molecule has 32 heavy (non-hydrogen) atoms. The highest BCUT2D eigenvalue weighted by Crippen LogP contribution is 2.37. The second-order valence-electron chi connectivity index (χ2n) is 9.34. The van der Waals surface area contributed by atoms with Crippen molar-refractivity contribution in [3.05, 3.63) is 42.0 Å². The average molecular weight is 461 g/mol. The molecule has 0 bridgehead atoms. The van der Waals surface area contributed by atoms with E-state index >= 15 is 0 Å². The van der Waals surface area contributed by atoms with E-state index in [1.165, 1.54) is 70.6 Å². The molecule has 0 radical (unpaired) electrons. The summed E-state index contributed by atoms with van der Waals surface area (Å²) in [6.45, 7) is 4.47. The molecule has 180 valence electrons. The molecule has 2 rings (SSSR count). The van der Waals surface area contributed by atoms with Gasteiger partial charge in [0.2, 0.25) is 0 Å². The van der Waals surface area contributed by atoms with Crippen LogP contribution in [0, 0.1) is 0 Å². The minimum absolute atomic E-state index is 0.134. The molecule has 1 unspecified atom stereocenters.